The number of aliphatic hydroxyl groups excluding tert-OH is 2. The second-order valence-electron chi connectivity index (χ2n) is 4.26. The second kappa shape index (κ2) is 5.07. The average molecular weight is 204 g/mol. The molecule has 0 aliphatic carbocycles. The van der Waals surface area contributed by atoms with Gasteiger partial charge in [-0.15, -0.1) is 0 Å². The number of hydrogen-bond donors (Lipinski definition) is 2. The van der Waals surface area contributed by atoms with Crippen molar-refractivity contribution in [3.05, 3.63) is 0 Å². The molecule has 84 valence electrons. The fraction of sp³-hybridized carbons (Fsp3) is 1.00. The summed E-state index contributed by atoms with van der Waals surface area (Å²) in [6.07, 6.45) is -1.38. The molecule has 0 aromatic rings. The highest BCUT2D eigenvalue weighted by molar-refractivity contribution is 4.79. The maximum atomic E-state index is 9.91. The van der Waals surface area contributed by atoms with Gasteiger partial charge in [-0.3, -0.25) is 0 Å². The monoisotopic (exact) mass is 204 g/mol. The van der Waals surface area contributed by atoms with Gasteiger partial charge in [0.25, 0.3) is 0 Å². The SMILES string of the molecule is CC(C)C1OC(CO)OCC(C)C1O. The van der Waals surface area contributed by atoms with E-state index in [0.717, 1.165) is 0 Å². The van der Waals surface area contributed by atoms with Crippen molar-refractivity contribution in [1.29, 1.82) is 0 Å². The molecule has 0 aromatic carbocycles. The minimum absolute atomic E-state index is 0.0407. The van der Waals surface area contributed by atoms with Gasteiger partial charge >= 0.3 is 0 Å². The number of rotatable bonds is 2. The van der Waals surface area contributed by atoms with E-state index in [2.05, 4.69) is 0 Å². The van der Waals surface area contributed by atoms with E-state index in [1.54, 1.807) is 0 Å². The lowest BCUT2D eigenvalue weighted by Crippen LogP contribution is -2.38. The molecule has 1 heterocycles. The van der Waals surface area contributed by atoms with Gasteiger partial charge in [-0.05, 0) is 5.92 Å². The standard InChI is InChI=1S/C10H20O4/c1-6(2)10-9(12)7(3)5-13-8(4-11)14-10/h6-12H,4-5H2,1-3H3. The van der Waals surface area contributed by atoms with Gasteiger partial charge in [0.15, 0.2) is 6.29 Å². The van der Waals surface area contributed by atoms with Crippen LogP contribution in [0.4, 0.5) is 0 Å². The topological polar surface area (TPSA) is 58.9 Å². The summed E-state index contributed by atoms with van der Waals surface area (Å²) in [5, 5.41) is 18.9. The van der Waals surface area contributed by atoms with Crippen LogP contribution in [0, 0.1) is 11.8 Å². The predicted octanol–water partition coefficient (Wildman–Crippen LogP) is 0.373. The van der Waals surface area contributed by atoms with Crippen LogP contribution in [-0.2, 0) is 9.47 Å². The predicted molar refractivity (Wildman–Crippen MR) is 51.7 cm³/mol. The Morgan fingerprint density at radius 3 is 2.57 bits per heavy atom. The van der Waals surface area contributed by atoms with E-state index in [4.69, 9.17) is 14.6 Å². The van der Waals surface area contributed by atoms with E-state index in [1.165, 1.54) is 0 Å². The third kappa shape index (κ3) is 2.67. The molecular formula is C10H20O4. The fourth-order valence-electron chi connectivity index (χ4n) is 1.62. The van der Waals surface area contributed by atoms with Crippen molar-refractivity contribution < 1.29 is 19.7 Å². The molecule has 4 atom stereocenters. The number of hydrogen-bond acceptors (Lipinski definition) is 4. The third-order valence-corrected chi connectivity index (χ3v) is 2.58. The van der Waals surface area contributed by atoms with Crippen molar-refractivity contribution >= 4 is 0 Å². The van der Waals surface area contributed by atoms with Gasteiger partial charge in [0.2, 0.25) is 0 Å². The van der Waals surface area contributed by atoms with E-state index < -0.39 is 12.4 Å². The normalized spacial score (nSPS) is 39.9. The molecule has 0 saturated carbocycles. The lowest BCUT2D eigenvalue weighted by molar-refractivity contribution is -0.191. The molecule has 1 aliphatic rings. The lowest BCUT2D eigenvalue weighted by atomic mass is 9.93. The first-order valence-electron chi connectivity index (χ1n) is 5.12. The second-order valence-corrected chi connectivity index (χ2v) is 4.26. The summed E-state index contributed by atoms with van der Waals surface area (Å²) in [5.74, 6) is 0.252. The highest BCUT2D eigenvalue weighted by atomic mass is 16.7. The summed E-state index contributed by atoms with van der Waals surface area (Å²) in [7, 11) is 0. The van der Waals surface area contributed by atoms with Crippen molar-refractivity contribution in [2.45, 2.75) is 39.3 Å². The Morgan fingerprint density at radius 1 is 1.43 bits per heavy atom. The van der Waals surface area contributed by atoms with Gasteiger partial charge in [-0.1, -0.05) is 20.8 Å². The quantitative estimate of drug-likeness (QED) is 0.682. The zero-order valence-corrected chi connectivity index (χ0v) is 9.01. The first-order valence-corrected chi connectivity index (χ1v) is 5.12. The Morgan fingerprint density at radius 2 is 2.07 bits per heavy atom. The van der Waals surface area contributed by atoms with Crippen LogP contribution < -0.4 is 0 Å². The summed E-state index contributed by atoms with van der Waals surface area (Å²) < 4.78 is 10.8. The molecule has 1 rings (SSSR count). The zero-order valence-electron chi connectivity index (χ0n) is 9.01. The first-order chi connectivity index (χ1) is 6.56. The minimum Gasteiger partial charge on any atom is -0.391 e. The highest BCUT2D eigenvalue weighted by Gasteiger charge is 2.34. The van der Waals surface area contributed by atoms with Gasteiger partial charge < -0.3 is 19.7 Å². The van der Waals surface area contributed by atoms with Gasteiger partial charge in [-0.25, -0.2) is 0 Å². The molecule has 4 unspecified atom stereocenters. The molecule has 1 fully saturated rings. The summed E-state index contributed by atoms with van der Waals surface area (Å²) in [4.78, 5) is 0. The Bertz CT molecular complexity index is 172. The van der Waals surface area contributed by atoms with Crippen LogP contribution in [0.1, 0.15) is 20.8 Å². The van der Waals surface area contributed by atoms with Crippen molar-refractivity contribution in [3.63, 3.8) is 0 Å². The molecule has 1 aliphatic heterocycles. The van der Waals surface area contributed by atoms with Crippen LogP contribution in [0.3, 0.4) is 0 Å². The molecule has 14 heavy (non-hydrogen) atoms. The maximum Gasteiger partial charge on any atom is 0.181 e. The number of ether oxygens (including phenoxy) is 2. The summed E-state index contributed by atoms with van der Waals surface area (Å²) in [6, 6.07) is 0. The van der Waals surface area contributed by atoms with Gasteiger partial charge in [0.1, 0.15) is 0 Å². The molecule has 0 bridgehead atoms. The molecule has 0 radical (unpaired) electrons. The molecule has 1 saturated heterocycles. The number of aliphatic hydroxyl groups is 2. The molecule has 0 spiro atoms. The molecular weight excluding hydrogens is 184 g/mol. The first kappa shape index (κ1) is 11.9. The summed E-state index contributed by atoms with van der Waals surface area (Å²) >= 11 is 0. The fourth-order valence-corrected chi connectivity index (χ4v) is 1.62. The Kier molecular flexibility index (Phi) is 4.31. The van der Waals surface area contributed by atoms with Crippen LogP contribution in [0.15, 0.2) is 0 Å². The van der Waals surface area contributed by atoms with E-state index in [-0.39, 0.29) is 24.5 Å². The van der Waals surface area contributed by atoms with Crippen LogP contribution in [0.5, 0.6) is 0 Å². The van der Waals surface area contributed by atoms with Crippen molar-refractivity contribution in [2.24, 2.45) is 11.8 Å². The van der Waals surface area contributed by atoms with Crippen LogP contribution in [0.25, 0.3) is 0 Å². The Balaban J connectivity index is 2.68. The van der Waals surface area contributed by atoms with Crippen LogP contribution in [-0.4, -0.2) is 41.9 Å². The highest BCUT2D eigenvalue weighted by Crippen LogP contribution is 2.23. The van der Waals surface area contributed by atoms with Gasteiger partial charge in [0, 0.05) is 5.92 Å². The van der Waals surface area contributed by atoms with E-state index in [9.17, 15) is 5.11 Å². The summed E-state index contributed by atoms with van der Waals surface area (Å²) in [5.41, 5.74) is 0. The smallest absolute Gasteiger partial charge is 0.181 e. The van der Waals surface area contributed by atoms with Gasteiger partial charge in [0.05, 0.1) is 25.4 Å². The van der Waals surface area contributed by atoms with E-state index in [0.29, 0.717) is 6.61 Å². The molecule has 0 aromatic heterocycles. The molecule has 0 amide bonds. The van der Waals surface area contributed by atoms with E-state index in [1.807, 2.05) is 20.8 Å². The van der Waals surface area contributed by atoms with E-state index >= 15 is 0 Å². The molecule has 2 N–H and O–H groups in total. The Labute approximate surface area is 84.8 Å². The van der Waals surface area contributed by atoms with Crippen LogP contribution >= 0.6 is 0 Å². The average Bonchev–Trinajstić information content (AvgIpc) is 2.28. The van der Waals surface area contributed by atoms with Crippen molar-refractivity contribution in [3.8, 4) is 0 Å². The van der Waals surface area contributed by atoms with Gasteiger partial charge in [-0.2, -0.15) is 0 Å². The summed E-state index contributed by atoms with van der Waals surface area (Å²) in [6.45, 7) is 6.15. The zero-order chi connectivity index (χ0) is 10.7. The van der Waals surface area contributed by atoms with Crippen molar-refractivity contribution in [1.82, 2.24) is 0 Å². The Hall–Kier alpha value is -0.160. The largest absolute Gasteiger partial charge is 0.391 e. The molecule has 4 heteroatoms. The van der Waals surface area contributed by atoms with Crippen molar-refractivity contribution in [2.75, 3.05) is 13.2 Å². The minimum atomic E-state index is -0.595. The van der Waals surface area contributed by atoms with Crippen LogP contribution in [0.2, 0.25) is 0 Å². The lowest BCUT2D eigenvalue weighted by Gasteiger charge is -2.27. The molecule has 4 nitrogen and oxygen atoms in total. The maximum absolute atomic E-state index is 9.91. The third-order valence-electron chi connectivity index (χ3n) is 2.58.